The first kappa shape index (κ1) is 15.9. The third kappa shape index (κ3) is 4.04. The summed E-state index contributed by atoms with van der Waals surface area (Å²) in [6.07, 6.45) is 3.82. The van der Waals surface area contributed by atoms with Gasteiger partial charge in [0, 0.05) is 6.07 Å². The first-order valence-electron chi connectivity index (χ1n) is 7.67. The fourth-order valence-corrected chi connectivity index (χ4v) is 2.29. The van der Waals surface area contributed by atoms with E-state index in [4.69, 9.17) is 0 Å². The summed E-state index contributed by atoms with van der Waals surface area (Å²) in [7, 11) is 0. The second-order valence-corrected chi connectivity index (χ2v) is 5.62. The lowest BCUT2D eigenvalue weighted by Crippen LogP contribution is -2.22. The van der Waals surface area contributed by atoms with Crippen LogP contribution in [0.2, 0.25) is 0 Å². The van der Waals surface area contributed by atoms with E-state index in [0.29, 0.717) is 12.2 Å². The Balaban J connectivity index is 1.81. The van der Waals surface area contributed by atoms with Crippen LogP contribution in [-0.2, 0) is 6.54 Å². The van der Waals surface area contributed by atoms with Gasteiger partial charge in [0.15, 0.2) is 0 Å². The van der Waals surface area contributed by atoms with Gasteiger partial charge in [-0.3, -0.25) is 4.79 Å². The summed E-state index contributed by atoms with van der Waals surface area (Å²) in [6, 6.07) is 17.4. The normalized spacial score (nSPS) is 11.1. The predicted octanol–water partition coefficient (Wildman–Crippen LogP) is 3.91. The van der Waals surface area contributed by atoms with E-state index in [1.165, 1.54) is 28.4 Å². The molecule has 3 aromatic rings. The van der Waals surface area contributed by atoms with Crippen molar-refractivity contribution in [1.82, 2.24) is 9.78 Å². The number of benzene rings is 2. The summed E-state index contributed by atoms with van der Waals surface area (Å²) in [6.45, 7) is 2.35. The summed E-state index contributed by atoms with van der Waals surface area (Å²) in [5.41, 5.74) is 3.60. The summed E-state index contributed by atoms with van der Waals surface area (Å²) in [5, 5.41) is 4.35. The molecule has 24 heavy (non-hydrogen) atoms. The second-order valence-electron chi connectivity index (χ2n) is 5.62. The SMILES string of the molecule is Cc1ccc(C=Cc2ccc(=O)n(Cc3ccc(F)cc3)n2)cc1. The van der Waals surface area contributed by atoms with E-state index in [2.05, 4.69) is 5.10 Å². The largest absolute Gasteiger partial charge is 0.268 e. The van der Waals surface area contributed by atoms with E-state index in [9.17, 15) is 9.18 Å². The van der Waals surface area contributed by atoms with Crippen LogP contribution in [0, 0.1) is 12.7 Å². The first-order chi connectivity index (χ1) is 11.6. The predicted molar refractivity (Wildman–Crippen MR) is 94.1 cm³/mol. The van der Waals surface area contributed by atoms with Gasteiger partial charge in [-0.05, 0) is 42.3 Å². The van der Waals surface area contributed by atoms with Crippen molar-refractivity contribution in [3.05, 3.63) is 99.2 Å². The van der Waals surface area contributed by atoms with Gasteiger partial charge >= 0.3 is 0 Å². The van der Waals surface area contributed by atoms with E-state index in [-0.39, 0.29) is 11.4 Å². The topological polar surface area (TPSA) is 34.9 Å². The molecule has 0 aliphatic rings. The fourth-order valence-electron chi connectivity index (χ4n) is 2.29. The van der Waals surface area contributed by atoms with E-state index in [1.807, 2.05) is 43.3 Å². The third-order valence-electron chi connectivity index (χ3n) is 3.66. The number of rotatable bonds is 4. The van der Waals surface area contributed by atoms with Crippen LogP contribution in [0.3, 0.4) is 0 Å². The molecular weight excluding hydrogens is 303 g/mol. The maximum atomic E-state index is 13.0. The van der Waals surface area contributed by atoms with Crippen LogP contribution in [-0.4, -0.2) is 9.78 Å². The zero-order valence-corrected chi connectivity index (χ0v) is 13.3. The maximum absolute atomic E-state index is 13.0. The van der Waals surface area contributed by atoms with Crippen LogP contribution in [0.25, 0.3) is 12.2 Å². The molecule has 1 aromatic heterocycles. The van der Waals surface area contributed by atoms with Gasteiger partial charge < -0.3 is 0 Å². The highest BCUT2D eigenvalue weighted by atomic mass is 19.1. The molecule has 0 saturated carbocycles. The molecule has 0 unspecified atom stereocenters. The molecule has 0 fully saturated rings. The van der Waals surface area contributed by atoms with E-state index in [0.717, 1.165) is 11.1 Å². The summed E-state index contributed by atoms with van der Waals surface area (Å²) in [5.74, 6) is -0.297. The number of hydrogen-bond acceptors (Lipinski definition) is 2. The van der Waals surface area contributed by atoms with Crippen molar-refractivity contribution in [1.29, 1.82) is 0 Å². The fraction of sp³-hybridized carbons (Fsp3) is 0.100. The number of nitrogens with zero attached hydrogens (tertiary/aromatic N) is 2. The van der Waals surface area contributed by atoms with Gasteiger partial charge in [0.05, 0.1) is 12.2 Å². The molecule has 0 bridgehead atoms. The number of halogens is 1. The minimum absolute atomic E-state index is 0.188. The van der Waals surface area contributed by atoms with Crippen LogP contribution in [0.4, 0.5) is 4.39 Å². The molecule has 120 valence electrons. The molecule has 4 heteroatoms. The minimum atomic E-state index is -0.297. The Morgan fingerprint density at radius 1 is 0.958 bits per heavy atom. The van der Waals surface area contributed by atoms with Crippen LogP contribution in [0.15, 0.2) is 65.5 Å². The molecule has 0 spiro atoms. The third-order valence-corrected chi connectivity index (χ3v) is 3.66. The van der Waals surface area contributed by atoms with Crippen molar-refractivity contribution in [2.24, 2.45) is 0 Å². The number of aromatic nitrogens is 2. The van der Waals surface area contributed by atoms with Crippen molar-refractivity contribution in [3.63, 3.8) is 0 Å². The van der Waals surface area contributed by atoms with Crippen molar-refractivity contribution < 1.29 is 4.39 Å². The molecule has 2 aromatic carbocycles. The van der Waals surface area contributed by atoms with Crippen molar-refractivity contribution in [3.8, 4) is 0 Å². The molecule has 0 amide bonds. The van der Waals surface area contributed by atoms with Gasteiger partial charge in [-0.1, -0.05) is 48.0 Å². The molecule has 0 aliphatic heterocycles. The molecule has 3 rings (SSSR count). The summed E-state index contributed by atoms with van der Waals surface area (Å²) < 4.78 is 14.3. The van der Waals surface area contributed by atoms with E-state index >= 15 is 0 Å². The maximum Gasteiger partial charge on any atom is 0.267 e. The van der Waals surface area contributed by atoms with Gasteiger partial charge in [-0.25, -0.2) is 9.07 Å². The van der Waals surface area contributed by atoms with Crippen molar-refractivity contribution in [2.45, 2.75) is 13.5 Å². The molecular formula is C20H17FN2O. The first-order valence-corrected chi connectivity index (χ1v) is 7.67. The Hall–Kier alpha value is -3.01. The van der Waals surface area contributed by atoms with Gasteiger partial charge in [0.25, 0.3) is 5.56 Å². The average molecular weight is 320 g/mol. The Labute approximate surface area is 139 Å². The Morgan fingerprint density at radius 2 is 1.67 bits per heavy atom. The lowest BCUT2D eigenvalue weighted by atomic mass is 10.1. The zero-order valence-electron chi connectivity index (χ0n) is 13.3. The van der Waals surface area contributed by atoms with Gasteiger partial charge in [0.1, 0.15) is 5.82 Å². The number of hydrogen-bond donors (Lipinski definition) is 0. The van der Waals surface area contributed by atoms with Gasteiger partial charge in [-0.15, -0.1) is 0 Å². The van der Waals surface area contributed by atoms with Gasteiger partial charge in [0.2, 0.25) is 0 Å². The lowest BCUT2D eigenvalue weighted by molar-refractivity contribution is 0.618. The summed E-state index contributed by atoms with van der Waals surface area (Å²) >= 11 is 0. The zero-order chi connectivity index (χ0) is 16.9. The summed E-state index contributed by atoms with van der Waals surface area (Å²) in [4.78, 5) is 12.0. The highest BCUT2D eigenvalue weighted by Crippen LogP contribution is 2.08. The van der Waals surface area contributed by atoms with Crippen LogP contribution in [0.1, 0.15) is 22.4 Å². The molecule has 0 N–H and O–H groups in total. The molecule has 0 aliphatic carbocycles. The van der Waals surface area contributed by atoms with Crippen molar-refractivity contribution in [2.75, 3.05) is 0 Å². The minimum Gasteiger partial charge on any atom is -0.268 e. The molecule has 3 nitrogen and oxygen atoms in total. The average Bonchev–Trinajstić information content (AvgIpc) is 2.59. The van der Waals surface area contributed by atoms with Crippen LogP contribution >= 0.6 is 0 Å². The smallest absolute Gasteiger partial charge is 0.267 e. The Morgan fingerprint density at radius 3 is 2.38 bits per heavy atom. The molecule has 0 atom stereocenters. The quantitative estimate of drug-likeness (QED) is 0.730. The van der Waals surface area contributed by atoms with E-state index in [1.54, 1.807) is 18.2 Å². The molecule has 0 saturated heterocycles. The molecule has 0 radical (unpaired) electrons. The highest BCUT2D eigenvalue weighted by Gasteiger charge is 2.01. The second kappa shape index (κ2) is 7.04. The van der Waals surface area contributed by atoms with Gasteiger partial charge in [-0.2, -0.15) is 5.10 Å². The number of aryl methyl sites for hydroxylation is 1. The standard InChI is InChI=1S/C20H17FN2O/c1-15-2-4-16(5-3-15)8-11-19-12-13-20(24)23(22-19)14-17-6-9-18(21)10-7-17/h2-13H,14H2,1H3. The monoisotopic (exact) mass is 320 g/mol. The lowest BCUT2D eigenvalue weighted by Gasteiger charge is -2.05. The highest BCUT2D eigenvalue weighted by molar-refractivity contribution is 5.67. The van der Waals surface area contributed by atoms with Crippen molar-refractivity contribution >= 4 is 12.2 Å². The van der Waals surface area contributed by atoms with Crippen LogP contribution in [0.5, 0.6) is 0 Å². The Kier molecular flexibility index (Phi) is 4.66. The van der Waals surface area contributed by atoms with E-state index < -0.39 is 0 Å². The Bertz CT molecular complexity index is 910. The molecule has 1 heterocycles. The van der Waals surface area contributed by atoms with Crippen LogP contribution < -0.4 is 5.56 Å².